The molecule has 0 fully saturated rings. The van der Waals surface area contributed by atoms with E-state index in [0.717, 1.165) is 5.56 Å². The molecule has 0 heterocycles. The first kappa shape index (κ1) is 21.5. The summed E-state index contributed by atoms with van der Waals surface area (Å²) in [6, 6.07) is 24.1. The van der Waals surface area contributed by atoms with Crippen molar-refractivity contribution in [1.29, 1.82) is 0 Å². The molecule has 30 heavy (non-hydrogen) atoms. The van der Waals surface area contributed by atoms with Crippen molar-refractivity contribution in [2.24, 2.45) is 0 Å². The van der Waals surface area contributed by atoms with Crippen LogP contribution in [0.15, 0.2) is 89.8 Å². The van der Waals surface area contributed by atoms with Crippen molar-refractivity contribution in [2.75, 3.05) is 10.8 Å². The van der Waals surface area contributed by atoms with Gasteiger partial charge in [0, 0.05) is 12.1 Å². The first-order chi connectivity index (χ1) is 14.4. The van der Waals surface area contributed by atoms with Gasteiger partial charge in [0.25, 0.3) is 15.9 Å². The molecule has 3 aromatic rings. The number of rotatable bonds is 8. The summed E-state index contributed by atoms with van der Waals surface area (Å²) in [6.07, 6.45) is -0.694. The Kier molecular flexibility index (Phi) is 6.87. The van der Waals surface area contributed by atoms with Crippen molar-refractivity contribution in [3.05, 3.63) is 96.1 Å². The molecule has 0 aliphatic carbocycles. The van der Waals surface area contributed by atoms with Gasteiger partial charge < -0.3 is 10.4 Å². The predicted octanol–water partition coefficient (Wildman–Crippen LogP) is 3.19. The molecule has 0 radical (unpaired) electrons. The number of benzene rings is 3. The first-order valence-corrected chi connectivity index (χ1v) is 11.0. The maximum Gasteiger partial charge on any atom is 0.264 e. The molecule has 1 atom stereocenters. The molecule has 6 nitrogen and oxygen atoms in total. The van der Waals surface area contributed by atoms with Crippen molar-refractivity contribution in [3.8, 4) is 0 Å². The van der Waals surface area contributed by atoms with Gasteiger partial charge >= 0.3 is 0 Å². The van der Waals surface area contributed by atoms with Gasteiger partial charge in [0.05, 0.1) is 23.2 Å². The Morgan fingerprint density at radius 2 is 1.60 bits per heavy atom. The molecule has 0 aromatic heterocycles. The second-order valence-corrected chi connectivity index (χ2v) is 8.78. The molecule has 0 saturated heterocycles. The Morgan fingerprint density at radius 3 is 2.23 bits per heavy atom. The van der Waals surface area contributed by atoms with Gasteiger partial charge in [-0.1, -0.05) is 54.6 Å². The summed E-state index contributed by atoms with van der Waals surface area (Å²) < 4.78 is 28.4. The lowest BCUT2D eigenvalue weighted by molar-refractivity contribution is 0.0924. The van der Waals surface area contributed by atoms with Crippen molar-refractivity contribution >= 4 is 21.6 Å². The van der Waals surface area contributed by atoms with E-state index in [-0.39, 0.29) is 23.5 Å². The molecule has 0 saturated carbocycles. The molecular weight excluding hydrogens is 400 g/mol. The minimum atomic E-state index is -3.94. The van der Waals surface area contributed by atoms with Crippen LogP contribution in [0.25, 0.3) is 0 Å². The normalized spacial score (nSPS) is 12.2. The summed E-state index contributed by atoms with van der Waals surface area (Å²) in [5.41, 5.74) is 1.59. The fourth-order valence-corrected chi connectivity index (χ4v) is 4.43. The van der Waals surface area contributed by atoms with Crippen LogP contribution in [0.2, 0.25) is 0 Å². The number of anilines is 1. The van der Waals surface area contributed by atoms with Gasteiger partial charge in [-0.2, -0.15) is 0 Å². The maximum atomic E-state index is 13.5. The molecule has 7 heteroatoms. The number of hydrogen-bond acceptors (Lipinski definition) is 4. The van der Waals surface area contributed by atoms with Crippen LogP contribution in [0.4, 0.5) is 5.69 Å². The van der Waals surface area contributed by atoms with Crippen LogP contribution in [0.1, 0.15) is 22.8 Å². The third kappa shape index (κ3) is 5.25. The Bertz CT molecular complexity index is 1080. The number of nitrogens with one attached hydrogen (secondary N) is 1. The predicted molar refractivity (Wildman–Crippen MR) is 117 cm³/mol. The van der Waals surface area contributed by atoms with Gasteiger partial charge in [-0.3, -0.25) is 9.10 Å². The third-order valence-corrected chi connectivity index (χ3v) is 6.23. The summed E-state index contributed by atoms with van der Waals surface area (Å²) >= 11 is 0. The zero-order chi connectivity index (χ0) is 21.6. The summed E-state index contributed by atoms with van der Waals surface area (Å²) in [5.74, 6) is -0.442. The third-order valence-electron chi connectivity index (χ3n) is 4.46. The van der Waals surface area contributed by atoms with Crippen LogP contribution < -0.4 is 9.62 Å². The van der Waals surface area contributed by atoms with Gasteiger partial charge in [-0.15, -0.1) is 0 Å². The number of amides is 1. The highest BCUT2D eigenvalue weighted by molar-refractivity contribution is 7.92. The van der Waals surface area contributed by atoms with Crippen molar-refractivity contribution in [3.63, 3.8) is 0 Å². The van der Waals surface area contributed by atoms with Crippen molar-refractivity contribution < 1.29 is 18.3 Å². The Balaban J connectivity index is 1.97. The van der Waals surface area contributed by atoms with Crippen molar-refractivity contribution in [1.82, 2.24) is 5.32 Å². The van der Waals surface area contributed by atoms with Crippen LogP contribution in [-0.2, 0) is 16.6 Å². The van der Waals surface area contributed by atoms with Gasteiger partial charge in [0.1, 0.15) is 0 Å². The standard InChI is InChI=1S/C23H24N2O4S/c1-18(26)16-24-23(27)20-11-8-14-22(15-20)30(28,29)25(21-12-6-3-7-13-21)17-19-9-4-2-5-10-19/h2-15,18,26H,16-17H2,1H3,(H,24,27). The van der Waals surface area contributed by atoms with E-state index in [9.17, 15) is 18.3 Å². The molecule has 3 aromatic carbocycles. The Morgan fingerprint density at radius 1 is 0.967 bits per heavy atom. The van der Waals surface area contributed by atoms with E-state index in [2.05, 4.69) is 5.32 Å². The molecule has 0 spiro atoms. The summed E-state index contributed by atoms with van der Waals surface area (Å²) in [5, 5.41) is 11.9. The second kappa shape index (κ2) is 9.56. The number of hydrogen-bond donors (Lipinski definition) is 2. The molecule has 2 N–H and O–H groups in total. The fourth-order valence-electron chi connectivity index (χ4n) is 2.93. The van der Waals surface area contributed by atoms with E-state index < -0.39 is 22.0 Å². The molecular formula is C23H24N2O4S. The summed E-state index contributed by atoms with van der Waals surface area (Å²) in [7, 11) is -3.94. The average molecular weight is 425 g/mol. The SMILES string of the molecule is CC(O)CNC(=O)c1cccc(S(=O)(=O)N(Cc2ccccc2)c2ccccc2)c1. The zero-order valence-corrected chi connectivity index (χ0v) is 17.4. The molecule has 3 rings (SSSR count). The van der Waals surface area contributed by atoms with E-state index in [1.807, 2.05) is 36.4 Å². The van der Waals surface area contributed by atoms with Gasteiger partial charge in [0.15, 0.2) is 0 Å². The number of aliphatic hydroxyl groups excluding tert-OH is 1. The number of carbonyl (C=O) groups excluding carboxylic acids is 1. The largest absolute Gasteiger partial charge is 0.392 e. The van der Waals surface area contributed by atoms with E-state index in [1.165, 1.54) is 22.5 Å². The van der Waals surface area contributed by atoms with Crippen LogP contribution in [0.3, 0.4) is 0 Å². The number of para-hydroxylation sites is 1. The Labute approximate surface area is 176 Å². The number of sulfonamides is 1. The van der Waals surface area contributed by atoms with E-state index in [1.54, 1.807) is 37.3 Å². The van der Waals surface area contributed by atoms with E-state index in [0.29, 0.717) is 5.69 Å². The number of aliphatic hydroxyl groups is 1. The molecule has 0 aliphatic heterocycles. The van der Waals surface area contributed by atoms with Gasteiger partial charge in [0.2, 0.25) is 0 Å². The quantitative estimate of drug-likeness (QED) is 0.581. The molecule has 1 unspecified atom stereocenters. The minimum Gasteiger partial charge on any atom is -0.392 e. The van der Waals surface area contributed by atoms with Gasteiger partial charge in [-0.05, 0) is 42.8 Å². The van der Waals surface area contributed by atoms with E-state index >= 15 is 0 Å². The molecule has 0 aliphatic rings. The minimum absolute atomic E-state index is 0.0204. The lowest BCUT2D eigenvalue weighted by atomic mass is 10.2. The molecule has 0 bridgehead atoms. The van der Waals surface area contributed by atoms with Crippen molar-refractivity contribution in [2.45, 2.75) is 24.5 Å². The molecule has 156 valence electrons. The highest BCUT2D eigenvalue weighted by atomic mass is 32.2. The zero-order valence-electron chi connectivity index (χ0n) is 16.6. The topological polar surface area (TPSA) is 86.7 Å². The lowest BCUT2D eigenvalue weighted by Crippen LogP contribution is -2.32. The highest BCUT2D eigenvalue weighted by Crippen LogP contribution is 2.26. The maximum absolute atomic E-state index is 13.5. The smallest absolute Gasteiger partial charge is 0.264 e. The van der Waals surface area contributed by atoms with Crippen LogP contribution >= 0.6 is 0 Å². The van der Waals surface area contributed by atoms with Crippen LogP contribution in [0.5, 0.6) is 0 Å². The van der Waals surface area contributed by atoms with Crippen LogP contribution in [0, 0.1) is 0 Å². The summed E-state index contributed by atoms with van der Waals surface area (Å²) in [4.78, 5) is 12.3. The highest BCUT2D eigenvalue weighted by Gasteiger charge is 2.26. The lowest BCUT2D eigenvalue weighted by Gasteiger charge is -2.25. The van der Waals surface area contributed by atoms with Crippen LogP contribution in [-0.4, -0.2) is 32.1 Å². The number of carbonyl (C=O) groups is 1. The summed E-state index contributed by atoms with van der Waals surface area (Å²) in [6.45, 7) is 1.80. The molecule has 1 amide bonds. The number of nitrogens with zero attached hydrogens (tertiary/aromatic N) is 1. The van der Waals surface area contributed by atoms with E-state index in [4.69, 9.17) is 0 Å². The first-order valence-electron chi connectivity index (χ1n) is 9.56. The average Bonchev–Trinajstić information content (AvgIpc) is 2.77. The second-order valence-electron chi connectivity index (χ2n) is 6.92. The fraction of sp³-hybridized carbons (Fsp3) is 0.174. The monoisotopic (exact) mass is 424 g/mol. The van der Waals surface area contributed by atoms with Gasteiger partial charge in [-0.25, -0.2) is 8.42 Å². The Hall–Kier alpha value is -3.16.